The molecule has 8 heteroatoms. The summed E-state index contributed by atoms with van der Waals surface area (Å²) in [5.41, 5.74) is 1.04. The Bertz CT molecular complexity index is 1160. The Morgan fingerprint density at radius 2 is 1.97 bits per heavy atom. The number of amides is 1. The number of carbonyl (C=O) groups is 1. The van der Waals surface area contributed by atoms with Gasteiger partial charge in [-0.15, -0.1) is 11.3 Å². The number of piperidine rings is 1. The van der Waals surface area contributed by atoms with Gasteiger partial charge in [-0.1, -0.05) is 19.4 Å². The number of fused-ring (bicyclic) bond motifs is 1. The van der Waals surface area contributed by atoms with Crippen molar-refractivity contribution in [3.63, 3.8) is 0 Å². The minimum atomic E-state index is -3.57. The summed E-state index contributed by atoms with van der Waals surface area (Å²) >= 11 is 1.66. The van der Waals surface area contributed by atoms with E-state index in [-0.39, 0.29) is 17.9 Å². The van der Waals surface area contributed by atoms with Gasteiger partial charge in [0, 0.05) is 47.5 Å². The summed E-state index contributed by atoms with van der Waals surface area (Å²) in [5, 5.41) is 6.16. The molecule has 172 valence electrons. The molecule has 0 bridgehead atoms. The fourth-order valence-corrected chi connectivity index (χ4v) is 6.79. The number of sulfonamides is 1. The summed E-state index contributed by atoms with van der Waals surface area (Å²) in [7, 11) is -3.57. The second-order valence-corrected chi connectivity index (χ2v) is 11.3. The van der Waals surface area contributed by atoms with E-state index in [1.54, 1.807) is 23.5 Å². The Morgan fingerprint density at radius 3 is 2.62 bits per heavy atom. The molecular formula is C24H31N3O3S2. The molecule has 3 aromatic rings. The molecule has 6 nitrogen and oxygen atoms in total. The molecular weight excluding hydrogens is 442 g/mol. The molecule has 4 rings (SSSR count). The molecule has 1 amide bonds. The SMILES string of the molecule is CCCC(NC(=O)C1CCN(S(=O)(=O)c2ccc3c(ccn3CC)c2)CC1)c1cccs1. The van der Waals surface area contributed by atoms with Gasteiger partial charge in [-0.3, -0.25) is 4.79 Å². The van der Waals surface area contributed by atoms with Crippen molar-refractivity contribution in [1.29, 1.82) is 0 Å². The van der Waals surface area contributed by atoms with E-state index in [0.29, 0.717) is 30.8 Å². The summed E-state index contributed by atoms with van der Waals surface area (Å²) < 4.78 is 30.1. The highest BCUT2D eigenvalue weighted by atomic mass is 32.2. The summed E-state index contributed by atoms with van der Waals surface area (Å²) in [4.78, 5) is 14.4. The van der Waals surface area contributed by atoms with E-state index in [1.165, 1.54) is 9.18 Å². The number of nitrogens with zero attached hydrogens (tertiary/aromatic N) is 2. The lowest BCUT2D eigenvalue weighted by Gasteiger charge is -2.31. The lowest BCUT2D eigenvalue weighted by molar-refractivity contribution is -0.126. The minimum absolute atomic E-state index is 0.0382. The highest BCUT2D eigenvalue weighted by molar-refractivity contribution is 7.89. The lowest BCUT2D eigenvalue weighted by Crippen LogP contribution is -2.43. The van der Waals surface area contributed by atoms with Crippen LogP contribution in [-0.2, 0) is 21.4 Å². The quantitative estimate of drug-likeness (QED) is 0.512. The van der Waals surface area contributed by atoms with Gasteiger partial charge in [-0.05, 0) is 61.9 Å². The van der Waals surface area contributed by atoms with Gasteiger partial charge < -0.3 is 9.88 Å². The van der Waals surface area contributed by atoms with Crippen molar-refractivity contribution in [3.05, 3.63) is 52.9 Å². The van der Waals surface area contributed by atoms with E-state index in [9.17, 15) is 13.2 Å². The number of aromatic nitrogens is 1. The molecule has 0 aliphatic carbocycles. The van der Waals surface area contributed by atoms with Crippen LogP contribution in [0.3, 0.4) is 0 Å². The van der Waals surface area contributed by atoms with Crippen molar-refractivity contribution in [2.24, 2.45) is 5.92 Å². The second kappa shape index (κ2) is 9.77. The summed E-state index contributed by atoms with van der Waals surface area (Å²) in [6.07, 6.45) is 4.96. The van der Waals surface area contributed by atoms with Crippen LogP contribution < -0.4 is 5.32 Å². The molecule has 1 N–H and O–H groups in total. The number of aryl methyl sites for hydroxylation is 1. The average molecular weight is 474 g/mol. The number of benzene rings is 1. The topological polar surface area (TPSA) is 71.4 Å². The van der Waals surface area contributed by atoms with Gasteiger partial charge in [0.05, 0.1) is 10.9 Å². The third-order valence-electron chi connectivity index (χ3n) is 6.33. The average Bonchev–Trinajstić information content (AvgIpc) is 3.48. The van der Waals surface area contributed by atoms with Gasteiger partial charge in [0.25, 0.3) is 0 Å². The maximum absolute atomic E-state index is 13.2. The van der Waals surface area contributed by atoms with E-state index in [0.717, 1.165) is 30.3 Å². The van der Waals surface area contributed by atoms with Crippen LogP contribution in [0.2, 0.25) is 0 Å². The molecule has 1 saturated heterocycles. The van der Waals surface area contributed by atoms with Crippen molar-refractivity contribution in [1.82, 2.24) is 14.2 Å². The van der Waals surface area contributed by atoms with Crippen molar-refractivity contribution >= 4 is 38.2 Å². The van der Waals surface area contributed by atoms with Gasteiger partial charge in [-0.2, -0.15) is 4.31 Å². The Labute approximate surface area is 194 Å². The molecule has 2 aromatic heterocycles. The van der Waals surface area contributed by atoms with Gasteiger partial charge in [0.15, 0.2) is 0 Å². The van der Waals surface area contributed by atoms with E-state index in [4.69, 9.17) is 0 Å². The van der Waals surface area contributed by atoms with E-state index in [2.05, 4.69) is 29.8 Å². The molecule has 0 saturated carbocycles. The number of thiophene rings is 1. The molecule has 0 radical (unpaired) electrons. The molecule has 1 aliphatic heterocycles. The third kappa shape index (κ3) is 4.63. The molecule has 3 heterocycles. The van der Waals surface area contributed by atoms with Gasteiger partial charge in [0.1, 0.15) is 0 Å². The van der Waals surface area contributed by atoms with Crippen molar-refractivity contribution in [2.75, 3.05) is 13.1 Å². The van der Waals surface area contributed by atoms with Crippen molar-refractivity contribution in [2.45, 2.75) is 57.0 Å². The Morgan fingerprint density at radius 1 is 1.19 bits per heavy atom. The van der Waals surface area contributed by atoms with E-state index in [1.807, 2.05) is 29.8 Å². The van der Waals surface area contributed by atoms with Crippen molar-refractivity contribution in [3.8, 4) is 0 Å². The van der Waals surface area contributed by atoms with Crippen LogP contribution in [0.4, 0.5) is 0 Å². The minimum Gasteiger partial charge on any atom is -0.348 e. The van der Waals surface area contributed by atoms with Crippen LogP contribution in [0.15, 0.2) is 52.9 Å². The maximum Gasteiger partial charge on any atom is 0.243 e. The zero-order valence-electron chi connectivity index (χ0n) is 18.7. The standard InChI is InChI=1S/C24H31N3O3S2/c1-3-6-21(23-7-5-16-31-23)25-24(28)18-11-14-27(15-12-18)32(29,30)20-8-9-22-19(17-20)10-13-26(22)4-2/h5,7-10,13,16-18,21H,3-4,6,11-12,14-15H2,1-2H3,(H,25,28). The van der Waals surface area contributed by atoms with Gasteiger partial charge in [-0.25, -0.2) is 8.42 Å². The third-order valence-corrected chi connectivity index (χ3v) is 9.21. The Hall–Kier alpha value is -2.16. The predicted molar refractivity (Wildman–Crippen MR) is 129 cm³/mol. The van der Waals surface area contributed by atoms with Crippen LogP contribution >= 0.6 is 11.3 Å². The summed E-state index contributed by atoms with van der Waals surface area (Å²) in [5.74, 6) is -0.113. The first-order valence-electron chi connectivity index (χ1n) is 11.4. The highest BCUT2D eigenvalue weighted by Crippen LogP contribution is 2.28. The second-order valence-electron chi connectivity index (χ2n) is 8.37. The maximum atomic E-state index is 13.2. The fourth-order valence-electron chi connectivity index (χ4n) is 4.48. The first-order valence-corrected chi connectivity index (χ1v) is 13.7. The zero-order chi connectivity index (χ0) is 22.7. The van der Waals surface area contributed by atoms with Crippen molar-refractivity contribution < 1.29 is 13.2 Å². The number of nitrogens with one attached hydrogen (secondary N) is 1. The molecule has 32 heavy (non-hydrogen) atoms. The van der Waals surface area contributed by atoms with Crippen LogP contribution in [0, 0.1) is 5.92 Å². The zero-order valence-corrected chi connectivity index (χ0v) is 20.3. The molecule has 1 aliphatic rings. The first-order chi connectivity index (χ1) is 15.4. The van der Waals surface area contributed by atoms with Gasteiger partial charge in [0.2, 0.25) is 15.9 Å². The number of hydrogen-bond donors (Lipinski definition) is 1. The smallest absolute Gasteiger partial charge is 0.243 e. The normalized spacial score (nSPS) is 16.9. The summed E-state index contributed by atoms with van der Waals surface area (Å²) in [6.45, 7) is 5.76. The van der Waals surface area contributed by atoms with Gasteiger partial charge >= 0.3 is 0 Å². The van der Waals surface area contributed by atoms with E-state index >= 15 is 0 Å². The monoisotopic (exact) mass is 473 g/mol. The highest BCUT2D eigenvalue weighted by Gasteiger charge is 2.33. The van der Waals surface area contributed by atoms with Crippen LogP contribution in [0.25, 0.3) is 10.9 Å². The summed E-state index contributed by atoms with van der Waals surface area (Å²) in [6, 6.07) is 11.4. The molecule has 1 unspecified atom stereocenters. The number of hydrogen-bond acceptors (Lipinski definition) is 4. The molecule has 1 atom stereocenters. The lowest BCUT2D eigenvalue weighted by atomic mass is 9.96. The van der Waals surface area contributed by atoms with Crippen LogP contribution in [-0.4, -0.2) is 36.3 Å². The number of carbonyl (C=O) groups excluding carboxylic acids is 1. The number of rotatable bonds is 8. The Balaban J connectivity index is 1.40. The van der Waals surface area contributed by atoms with Crippen LogP contribution in [0.1, 0.15) is 50.4 Å². The predicted octanol–water partition coefficient (Wildman–Crippen LogP) is 4.78. The Kier molecular flexibility index (Phi) is 7.02. The largest absolute Gasteiger partial charge is 0.348 e. The fraction of sp³-hybridized carbons (Fsp3) is 0.458. The van der Waals surface area contributed by atoms with Crippen LogP contribution in [0.5, 0.6) is 0 Å². The molecule has 1 aromatic carbocycles. The molecule has 1 fully saturated rings. The van der Waals surface area contributed by atoms with E-state index < -0.39 is 10.0 Å². The molecule has 0 spiro atoms. The first kappa shape index (κ1) is 23.0.